The van der Waals surface area contributed by atoms with Crippen LogP contribution in [0.25, 0.3) is 0 Å². The van der Waals surface area contributed by atoms with Gasteiger partial charge in [-0.2, -0.15) is 0 Å². The molecule has 5 nitrogen and oxygen atoms in total. The van der Waals surface area contributed by atoms with Crippen LogP contribution in [0.15, 0.2) is 47.1 Å². The van der Waals surface area contributed by atoms with Crippen molar-refractivity contribution in [2.24, 2.45) is 0 Å². The molecule has 0 spiro atoms. The fourth-order valence-corrected chi connectivity index (χ4v) is 1.71. The second kappa shape index (κ2) is 7.23. The monoisotopic (exact) mass is 290 g/mol. The Bertz CT molecular complexity index is 594. The van der Waals surface area contributed by atoms with Gasteiger partial charge in [-0.25, -0.2) is 4.39 Å². The van der Waals surface area contributed by atoms with Gasteiger partial charge in [0, 0.05) is 18.5 Å². The van der Waals surface area contributed by atoms with Crippen LogP contribution in [0.2, 0.25) is 0 Å². The highest BCUT2D eigenvalue weighted by molar-refractivity contribution is 5.96. The smallest absolute Gasteiger partial charge is 0.251 e. The number of hydrogen-bond acceptors (Lipinski definition) is 3. The summed E-state index contributed by atoms with van der Waals surface area (Å²) in [5.41, 5.74) is 0.305. The number of carbonyl (C=O) groups is 2. The lowest BCUT2D eigenvalue weighted by Crippen LogP contribution is -2.37. The number of rotatable bonds is 6. The first-order valence-corrected chi connectivity index (χ1v) is 6.48. The fourth-order valence-electron chi connectivity index (χ4n) is 1.71. The molecule has 0 saturated heterocycles. The highest BCUT2D eigenvalue weighted by Crippen LogP contribution is 2.02. The maximum atomic E-state index is 12.7. The van der Waals surface area contributed by atoms with E-state index in [1.54, 1.807) is 12.3 Å². The van der Waals surface area contributed by atoms with E-state index in [0.717, 1.165) is 5.76 Å². The highest BCUT2D eigenvalue weighted by Gasteiger charge is 2.08. The lowest BCUT2D eigenvalue weighted by Gasteiger charge is -2.06. The van der Waals surface area contributed by atoms with Crippen molar-refractivity contribution in [3.05, 3.63) is 59.8 Å². The largest absolute Gasteiger partial charge is 0.469 e. The number of carbonyl (C=O) groups excluding carboxylic acids is 2. The lowest BCUT2D eigenvalue weighted by molar-refractivity contribution is -0.120. The van der Waals surface area contributed by atoms with Crippen LogP contribution in [0.5, 0.6) is 0 Å². The Balaban J connectivity index is 1.68. The molecule has 2 amide bonds. The van der Waals surface area contributed by atoms with Crippen molar-refractivity contribution >= 4 is 11.8 Å². The number of nitrogens with one attached hydrogen (secondary N) is 2. The molecule has 21 heavy (non-hydrogen) atoms. The van der Waals surface area contributed by atoms with Crippen molar-refractivity contribution in [2.75, 3.05) is 13.1 Å². The number of furan rings is 1. The van der Waals surface area contributed by atoms with Crippen LogP contribution < -0.4 is 10.6 Å². The standard InChI is InChI=1S/C15H15FN2O3/c16-12-5-3-11(4-6-12)15(20)18-10-14(19)17-8-7-13-2-1-9-21-13/h1-6,9H,7-8,10H2,(H,17,19)(H,18,20). The van der Waals surface area contributed by atoms with E-state index < -0.39 is 11.7 Å². The molecule has 110 valence electrons. The minimum Gasteiger partial charge on any atom is -0.469 e. The van der Waals surface area contributed by atoms with E-state index in [1.165, 1.54) is 24.3 Å². The molecule has 0 unspecified atom stereocenters. The van der Waals surface area contributed by atoms with Crippen LogP contribution in [0.3, 0.4) is 0 Å². The third kappa shape index (κ3) is 4.76. The summed E-state index contributed by atoms with van der Waals surface area (Å²) < 4.78 is 17.8. The summed E-state index contributed by atoms with van der Waals surface area (Å²) in [6.07, 6.45) is 2.16. The second-order valence-electron chi connectivity index (χ2n) is 4.37. The molecule has 2 aromatic rings. The summed E-state index contributed by atoms with van der Waals surface area (Å²) in [6.45, 7) is 0.299. The molecular weight excluding hydrogens is 275 g/mol. The summed E-state index contributed by atoms with van der Waals surface area (Å²) in [7, 11) is 0. The third-order valence-electron chi connectivity index (χ3n) is 2.79. The maximum absolute atomic E-state index is 12.7. The van der Waals surface area contributed by atoms with E-state index in [-0.39, 0.29) is 12.5 Å². The molecule has 0 bridgehead atoms. The van der Waals surface area contributed by atoms with Gasteiger partial charge in [-0.1, -0.05) is 0 Å². The van der Waals surface area contributed by atoms with Gasteiger partial charge in [0.1, 0.15) is 11.6 Å². The van der Waals surface area contributed by atoms with Crippen LogP contribution in [0.1, 0.15) is 16.1 Å². The zero-order valence-electron chi connectivity index (χ0n) is 11.3. The van der Waals surface area contributed by atoms with Crippen LogP contribution in [0.4, 0.5) is 4.39 Å². The van der Waals surface area contributed by atoms with E-state index in [1.807, 2.05) is 6.07 Å². The Labute approximate surface area is 121 Å². The van der Waals surface area contributed by atoms with Gasteiger partial charge >= 0.3 is 0 Å². The second-order valence-corrected chi connectivity index (χ2v) is 4.37. The van der Waals surface area contributed by atoms with E-state index in [0.29, 0.717) is 18.5 Å². The molecule has 0 aliphatic carbocycles. The van der Waals surface area contributed by atoms with Gasteiger partial charge in [0.25, 0.3) is 5.91 Å². The predicted octanol–water partition coefficient (Wildman–Crippen LogP) is 1.51. The van der Waals surface area contributed by atoms with Gasteiger partial charge in [0.15, 0.2) is 0 Å². The number of halogens is 1. The molecule has 0 aliphatic heterocycles. The maximum Gasteiger partial charge on any atom is 0.251 e. The van der Waals surface area contributed by atoms with E-state index >= 15 is 0 Å². The first-order chi connectivity index (χ1) is 10.1. The van der Waals surface area contributed by atoms with Crippen LogP contribution >= 0.6 is 0 Å². The Morgan fingerprint density at radius 1 is 1.10 bits per heavy atom. The SMILES string of the molecule is O=C(CNC(=O)c1ccc(F)cc1)NCCc1ccco1. The van der Waals surface area contributed by atoms with Crippen molar-refractivity contribution < 1.29 is 18.4 Å². The number of hydrogen-bond donors (Lipinski definition) is 2. The van der Waals surface area contributed by atoms with Crippen LogP contribution in [-0.4, -0.2) is 24.9 Å². The molecule has 1 aromatic carbocycles. The van der Waals surface area contributed by atoms with Gasteiger partial charge < -0.3 is 15.1 Å². The van der Waals surface area contributed by atoms with Gasteiger partial charge in [-0.05, 0) is 36.4 Å². The molecule has 2 rings (SSSR count). The molecule has 0 aliphatic rings. The third-order valence-corrected chi connectivity index (χ3v) is 2.79. The first-order valence-electron chi connectivity index (χ1n) is 6.48. The predicted molar refractivity (Wildman–Crippen MR) is 74.2 cm³/mol. The molecule has 0 saturated carbocycles. The molecule has 0 atom stereocenters. The summed E-state index contributed by atoms with van der Waals surface area (Å²) in [5.74, 6) is -0.346. The quantitative estimate of drug-likeness (QED) is 0.847. The summed E-state index contributed by atoms with van der Waals surface area (Å²) in [6, 6.07) is 8.71. The molecule has 2 N–H and O–H groups in total. The zero-order chi connectivity index (χ0) is 15.1. The van der Waals surface area contributed by atoms with Crippen LogP contribution in [0, 0.1) is 5.82 Å². The zero-order valence-corrected chi connectivity index (χ0v) is 11.3. The van der Waals surface area contributed by atoms with Crippen molar-refractivity contribution in [2.45, 2.75) is 6.42 Å². The highest BCUT2D eigenvalue weighted by atomic mass is 19.1. The topological polar surface area (TPSA) is 71.3 Å². The lowest BCUT2D eigenvalue weighted by atomic mass is 10.2. The average molecular weight is 290 g/mol. The summed E-state index contributed by atoms with van der Waals surface area (Å²) in [4.78, 5) is 23.2. The van der Waals surface area contributed by atoms with E-state index in [2.05, 4.69) is 10.6 Å². The Morgan fingerprint density at radius 2 is 1.86 bits per heavy atom. The normalized spacial score (nSPS) is 10.1. The molecule has 6 heteroatoms. The van der Waals surface area contributed by atoms with E-state index in [4.69, 9.17) is 4.42 Å². The minimum atomic E-state index is -0.420. The molecule has 1 aromatic heterocycles. The first kappa shape index (κ1) is 14.8. The molecule has 0 radical (unpaired) electrons. The minimum absolute atomic E-state index is 0.131. The van der Waals surface area contributed by atoms with Gasteiger partial charge in [0.2, 0.25) is 5.91 Å². The van der Waals surface area contributed by atoms with Gasteiger partial charge in [0.05, 0.1) is 12.8 Å². The fraction of sp³-hybridized carbons (Fsp3) is 0.200. The van der Waals surface area contributed by atoms with Crippen molar-refractivity contribution in [1.29, 1.82) is 0 Å². The number of benzene rings is 1. The Kier molecular flexibility index (Phi) is 5.09. The van der Waals surface area contributed by atoms with E-state index in [9.17, 15) is 14.0 Å². The summed E-state index contributed by atoms with van der Waals surface area (Å²) >= 11 is 0. The summed E-state index contributed by atoms with van der Waals surface area (Å²) in [5, 5.41) is 5.13. The van der Waals surface area contributed by atoms with Gasteiger partial charge in [-0.3, -0.25) is 9.59 Å². The average Bonchev–Trinajstić information content (AvgIpc) is 2.99. The molecule has 0 fully saturated rings. The van der Waals surface area contributed by atoms with Crippen molar-refractivity contribution in [1.82, 2.24) is 10.6 Å². The molecule has 1 heterocycles. The Morgan fingerprint density at radius 3 is 2.52 bits per heavy atom. The Hall–Kier alpha value is -2.63. The van der Waals surface area contributed by atoms with Crippen LogP contribution in [-0.2, 0) is 11.2 Å². The number of amides is 2. The van der Waals surface area contributed by atoms with Gasteiger partial charge in [-0.15, -0.1) is 0 Å². The van der Waals surface area contributed by atoms with Crippen molar-refractivity contribution in [3.63, 3.8) is 0 Å². The molecular formula is C15H15FN2O3. The van der Waals surface area contributed by atoms with Crippen molar-refractivity contribution in [3.8, 4) is 0 Å².